The molecule has 2 heterocycles. The number of benzene rings is 1. The maximum absolute atomic E-state index is 12.6. The SMILES string of the molecule is CS[C@]1(N2CCCCC2)N=C(c2ccccc2)C(C#N)C(=O)N1. The number of amides is 1. The fourth-order valence-electron chi connectivity index (χ4n) is 3.15. The van der Waals surface area contributed by atoms with Gasteiger partial charge in [0.25, 0.3) is 0 Å². The van der Waals surface area contributed by atoms with Crippen LogP contribution in [0.25, 0.3) is 0 Å². The van der Waals surface area contributed by atoms with E-state index in [1.165, 1.54) is 18.2 Å². The Morgan fingerprint density at radius 3 is 2.61 bits per heavy atom. The molecule has 1 saturated heterocycles. The van der Waals surface area contributed by atoms with Crippen molar-refractivity contribution >= 4 is 23.4 Å². The lowest BCUT2D eigenvalue weighted by Gasteiger charge is -2.44. The monoisotopic (exact) mass is 328 g/mol. The van der Waals surface area contributed by atoms with Crippen LogP contribution in [-0.2, 0) is 4.79 Å². The number of likely N-dealkylation sites (tertiary alicyclic amines) is 1. The third-order valence-electron chi connectivity index (χ3n) is 4.36. The van der Waals surface area contributed by atoms with Crippen LogP contribution in [0.3, 0.4) is 0 Å². The van der Waals surface area contributed by atoms with Gasteiger partial charge in [0, 0.05) is 13.1 Å². The van der Waals surface area contributed by atoms with Crippen molar-refractivity contribution in [3.63, 3.8) is 0 Å². The number of nitrogens with one attached hydrogen (secondary N) is 1. The first-order chi connectivity index (χ1) is 11.2. The number of carbonyl (C=O) groups is 1. The summed E-state index contributed by atoms with van der Waals surface area (Å²) in [4.78, 5) is 19.7. The van der Waals surface area contributed by atoms with E-state index < -0.39 is 11.0 Å². The molecule has 6 heteroatoms. The van der Waals surface area contributed by atoms with Gasteiger partial charge in [0.1, 0.15) is 0 Å². The predicted octanol–water partition coefficient (Wildman–Crippen LogP) is 2.21. The fraction of sp³-hybridized carbons (Fsp3) is 0.471. The van der Waals surface area contributed by atoms with Gasteiger partial charge in [-0.3, -0.25) is 9.69 Å². The molecule has 0 aromatic heterocycles. The van der Waals surface area contributed by atoms with E-state index in [0.717, 1.165) is 31.5 Å². The summed E-state index contributed by atoms with van der Waals surface area (Å²) in [6.07, 6.45) is 5.38. The molecule has 120 valence electrons. The van der Waals surface area contributed by atoms with Crippen molar-refractivity contribution in [1.82, 2.24) is 10.2 Å². The molecule has 0 spiro atoms. The number of hydrogen-bond acceptors (Lipinski definition) is 5. The third kappa shape index (κ3) is 2.99. The summed E-state index contributed by atoms with van der Waals surface area (Å²) in [6.45, 7) is 1.81. The van der Waals surface area contributed by atoms with E-state index in [4.69, 9.17) is 4.99 Å². The number of rotatable bonds is 3. The van der Waals surface area contributed by atoms with Crippen molar-refractivity contribution in [2.24, 2.45) is 10.9 Å². The first kappa shape index (κ1) is 16.0. The van der Waals surface area contributed by atoms with Gasteiger partial charge < -0.3 is 5.32 Å². The average Bonchev–Trinajstić information content (AvgIpc) is 2.62. The Morgan fingerprint density at radius 2 is 2.00 bits per heavy atom. The Morgan fingerprint density at radius 1 is 1.30 bits per heavy atom. The van der Waals surface area contributed by atoms with Gasteiger partial charge in [0.05, 0.1) is 11.8 Å². The molecule has 0 radical (unpaired) electrons. The number of hydrogen-bond donors (Lipinski definition) is 1. The minimum absolute atomic E-state index is 0.263. The highest BCUT2D eigenvalue weighted by Crippen LogP contribution is 2.34. The molecule has 3 rings (SSSR count). The lowest BCUT2D eigenvalue weighted by molar-refractivity contribution is -0.125. The number of aliphatic imine (C=N–C) groups is 1. The average molecular weight is 328 g/mol. The van der Waals surface area contributed by atoms with Gasteiger partial charge in [-0.15, -0.1) is 0 Å². The normalized spacial score (nSPS) is 28.6. The molecule has 5 nitrogen and oxygen atoms in total. The molecular weight excluding hydrogens is 308 g/mol. The number of carbonyl (C=O) groups excluding carboxylic acids is 1. The molecule has 1 N–H and O–H groups in total. The van der Waals surface area contributed by atoms with Gasteiger partial charge in [-0.2, -0.15) is 5.26 Å². The molecule has 1 aromatic carbocycles. The minimum Gasteiger partial charge on any atom is -0.309 e. The van der Waals surface area contributed by atoms with Crippen LogP contribution in [0.15, 0.2) is 35.3 Å². The largest absolute Gasteiger partial charge is 0.309 e. The Balaban J connectivity index is 2.07. The standard InChI is InChI=1S/C17H20N4OS/c1-23-17(21-10-6-3-7-11-21)19-15(13-8-4-2-5-9-13)14(12-18)16(22)20-17/h2,4-5,8-9,14H,3,6-7,10-11H2,1H3,(H,20,22)/t14?,17-/m1/s1. The molecule has 0 aliphatic carbocycles. The van der Waals surface area contributed by atoms with Crippen LogP contribution in [0, 0.1) is 17.2 Å². The van der Waals surface area contributed by atoms with Crippen LogP contribution in [-0.4, -0.2) is 41.0 Å². The van der Waals surface area contributed by atoms with E-state index in [0.29, 0.717) is 5.71 Å². The summed E-state index contributed by atoms with van der Waals surface area (Å²) in [6, 6.07) is 11.6. The molecule has 1 aromatic rings. The molecule has 0 bridgehead atoms. The van der Waals surface area contributed by atoms with Crippen molar-refractivity contribution in [1.29, 1.82) is 5.26 Å². The maximum Gasteiger partial charge on any atom is 0.247 e. The number of piperidine rings is 1. The van der Waals surface area contributed by atoms with Crippen LogP contribution in [0.5, 0.6) is 0 Å². The first-order valence-electron chi connectivity index (χ1n) is 7.87. The van der Waals surface area contributed by atoms with Crippen LogP contribution in [0.2, 0.25) is 0 Å². The lowest BCUT2D eigenvalue weighted by Crippen LogP contribution is -2.63. The molecule has 1 unspecified atom stereocenters. The zero-order valence-electron chi connectivity index (χ0n) is 13.2. The van der Waals surface area contributed by atoms with Gasteiger partial charge >= 0.3 is 0 Å². The summed E-state index contributed by atoms with van der Waals surface area (Å²) in [5.74, 6) is -1.12. The number of thioether (sulfide) groups is 1. The van der Waals surface area contributed by atoms with Crippen LogP contribution >= 0.6 is 11.8 Å². The Hall–Kier alpha value is -1.84. The molecule has 2 aliphatic rings. The minimum atomic E-state index is -0.859. The molecule has 2 atom stereocenters. The van der Waals surface area contributed by atoms with Crippen LogP contribution in [0.4, 0.5) is 0 Å². The van der Waals surface area contributed by atoms with Crippen molar-refractivity contribution < 1.29 is 4.79 Å². The van der Waals surface area contributed by atoms with Gasteiger partial charge in [0.15, 0.2) is 5.92 Å². The van der Waals surface area contributed by atoms with Crippen molar-refractivity contribution in [3.8, 4) is 6.07 Å². The van der Waals surface area contributed by atoms with E-state index in [1.807, 2.05) is 36.6 Å². The van der Waals surface area contributed by atoms with Crippen LogP contribution in [0.1, 0.15) is 24.8 Å². The highest BCUT2D eigenvalue weighted by Gasteiger charge is 2.45. The molecule has 2 aliphatic heterocycles. The van der Waals surface area contributed by atoms with Gasteiger partial charge in [-0.1, -0.05) is 48.5 Å². The second kappa shape index (κ2) is 6.73. The third-order valence-corrected chi connectivity index (χ3v) is 5.38. The predicted molar refractivity (Wildman–Crippen MR) is 91.9 cm³/mol. The topological polar surface area (TPSA) is 68.5 Å². The van der Waals surface area contributed by atoms with E-state index in [1.54, 1.807) is 0 Å². The summed E-state index contributed by atoms with van der Waals surface area (Å²) in [5, 5.41) is 11.6. The highest BCUT2D eigenvalue weighted by molar-refractivity contribution is 7.99. The van der Waals surface area contributed by atoms with Crippen molar-refractivity contribution in [2.45, 2.75) is 24.4 Å². The summed E-state index contributed by atoms with van der Waals surface area (Å²) >= 11 is 1.51. The number of nitrogens with zero attached hydrogens (tertiary/aromatic N) is 3. The molecular formula is C17H20N4OS. The summed E-state index contributed by atoms with van der Waals surface area (Å²) in [7, 11) is 0. The zero-order chi connectivity index (χ0) is 16.3. The maximum atomic E-state index is 12.6. The van der Waals surface area contributed by atoms with E-state index in [2.05, 4.69) is 16.3 Å². The Kier molecular flexibility index (Phi) is 4.69. The van der Waals surface area contributed by atoms with E-state index in [9.17, 15) is 10.1 Å². The second-order valence-electron chi connectivity index (χ2n) is 5.77. The lowest BCUT2D eigenvalue weighted by atomic mass is 9.95. The molecule has 0 saturated carbocycles. The van der Waals surface area contributed by atoms with E-state index in [-0.39, 0.29) is 5.91 Å². The quantitative estimate of drug-likeness (QED) is 0.923. The van der Waals surface area contributed by atoms with Crippen LogP contribution < -0.4 is 5.32 Å². The van der Waals surface area contributed by atoms with Gasteiger partial charge in [-0.05, 0) is 24.7 Å². The number of nitriles is 1. The summed E-state index contributed by atoms with van der Waals surface area (Å²) < 4.78 is 0. The molecule has 23 heavy (non-hydrogen) atoms. The zero-order valence-corrected chi connectivity index (χ0v) is 14.0. The second-order valence-corrected chi connectivity index (χ2v) is 6.75. The Bertz CT molecular complexity index is 648. The molecule has 1 fully saturated rings. The fourth-order valence-corrected chi connectivity index (χ4v) is 3.98. The van der Waals surface area contributed by atoms with E-state index >= 15 is 0 Å². The van der Waals surface area contributed by atoms with Gasteiger partial charge in [-0.25, -0.2) is 4.99 Å². The smallest absolute Gasteiger partial charge is 0.247 e. The van der Waals surface area contributed by atoms with Crippen molar-refractivity contribution in [2.75, 3.05) is 19.3 Å². The Labute approximate surface area is 140 Å². The van der Waals surface area contributed by atoms with Crippen molar-refractivity contribution in [3.05, 3.63) is 35.9 Å². The summed E-state index contributed by atoms with van der Waals surface area (Å²) in [5.41, 5.74) is 1.40. The van der Waals surface area contributed by atoms with Gasteiger partial charge in [0.2, 0.25) is 11.0 Å². The highest BCUT2D eigenvalue weighted by atomic mass is 32.2. The first-order valence-corrected chi connectivity index (χ1v) is 9.09. The molecule has 1 amide bonds.